The SMILES string of the molecule is Cc1cccc(CN2CCC(Nc3ccc(S(N)(=O)=O)cc3C#N)CC2)c1. The van der Waals surface area contributed by atoms with Crippen molar-refractivity contribution in [1.29, 1.82) is 5.26 Å². The maximum atomic E-state index is 11.5. The maximum absolute atomic E-state index is 11.5. The Hall–Kier alpha value is -2.40. The largest absolute Gasteiger partial charge is 0.381 e. The topological polar surface area (TPSA) is 99.2 Å². The third-order valence-corrected chi connectivity index (χ3v) is 5.79. The van der Waals surface area contributed by atoms with Crippen LogP contribution in [0.25, 0.3) is 0 Å². The van der Waals surface area contributed by atoms with Gasteiger partial charge in [-0.05, 0) is 43.5 Å². The molecule has 0 atom stereocenters. The number of aryl methyl sites for hydroxylation is 1. The van der Waals surface area contributed by atoms with E-state index in [2.05, 4.69) is 47.5 Å². The number of nitriles is 1. The smallest absolute Gasteiger partial charge is 0.238 e. The van der Waals surface area contributed by atoms with Gasteiger partial charge in [-0.3, -0.25) is 4.90 Å². The lowest BCUT2D eigenvalue weighted by molar-refractivity contribution is 0.211. The molecule has 0 bridgehead atoms. The zero-order chi connectivity index (χ0) is 19.4. The predicted molar refractivity (Wildman–Crippen MR) is 106 cm³/mol. The van der Waals surface area contributed by atoms with Crippen molar-refractivity contribution in [1.82, 2.24) is 4.90 Å². The van der Waals surface area contributed by atoms with E-state index in [1.54, 1.807) is 6.07 Å². The molecule has 3 rings (SSSR count). The molecule has 1 aliphatic heterocycles. The van der Waals surface area contributed by atoms with Gasteiger partial charge in [0.05, 0.1) is 16.1 Å². The van der Waals surface area contributed by atoms with Crippen LogP contribution in [0.3, 0.4) is 0 Å². The normalized spacial score (nSPS) is 16.0. The molecule has 2 aromatic carbocycles. The molecule has 142 valence electrons. The standard InChI is InChI=1S/C20H24N4O2S/c1-15-3-2-4-16(11-15)14-24-9-7-18(8-10-24)23-20-6-5-19(27(22,25)26)12-17(20)13-21/h2-6,11-12,18,23H,7-10,14H2,1H3,(H2,22,25,26). The van der Waals surface area contributed by atoms with E-state index in [9.17, 15) is 13.7 Å². The minimum atomic E-state index is -3.81. The second kappa shape index (κ2) is 8.09. The summed E-state index contributed by atoms with van der Waals surface area (Å²) in [6.45, 7) is 5.00. The van der Waals surface area contributed by atoms with Gasteiger partial charge in [-0.2, -0.15) is 5.26 Å². The molecule has 1 fully saturated rings. The second-order valence-electron chi connectivity index (χ2n) is 7.05. The number of nitrogens with one attached hydrogen (secondary N) is 1. The average molecular weight is 385 g/mol. The highest BCUT2D eigenvalue weighted by Gasteiger charge is 2.20. The van der Waals surface area contributed by atoms with Crippen molar-refractivity contribution in [3.8, 4) is 6.07 Å². The highest BCUT2D eigenvalue weighted by Crippen LogP contribution is 2.23. The summed E-state index contributed by atoms with van der Waals surface area (Å²) in [6, 6.07) is 15.3. The first-order chi connectivity index (χ1) is 12.8. The Kier molecular flexibility index (Phi) is 5.80. The van der Waals surface area contributed by atoms with Crippen LogP contribution in [0.5, 0.6) is 0 Å². The molecule has 0 spiro atoms. The molecule has 0 aromatic heterocycles. The highest BCUT2D eigenvalue weighted by molar-refractivity contribution is 7.89. The molecular formula is C20H24N4O2S. The van der Waals surface area contributed by atoms with Crippen molar-refractivity contribution in [2.45, 2.75) is 37.2 Å². The average Bonchev–Trinajstić information content (AvgIpc) is 2.63. The van der Waals surface area contributed by atoms with Crippen molar-refractivity contribution in [2.24, 2.45) is 5.14 Å². The number of rotatable bonds is 5. The molecule has 0 radical (unpaired) electrons. The fourth-order valence-corrected chi connectivity index (χ4v) is 3.98. The van der Waals surface area contributed by atoms with Gasteiger partial charge < -0.3 is 5.32 Å². The summed E-state index contributed by atoms with van der Waals surface area (Å²) in [5, 5.41) is 17.9. The molecule has 0 unspecified atom stereocenters. The summed E-state index contributed by atoms with van der Waals surface area (Å²) in [5.74, 6) is 0. The Morgan fingerprint density at radius 3 is 2.59 bits per heavy atom. The molecule has 0 amide bonds. The van der Waals surface area contributed by atoms with Crippen LogP contribution in [0.4, 0.5) is 5.69 Å². The van der Waals surface area contributed by atoms with Gasteiger partial charge in [0, 0.05) is 25.7 Å². The van der Waals surface area contributed by atoms with Crippen molar-refractivity contribution < 1.29 is 8.42 Å². The van der Waals surface area contributed by atoms with Gasteiger partial charge in [0.1, 0.15) is 6.07 Å². The van der Waals surface area contributed by atoms with E-state index >= 15 is 0 Å². The third-order valence-electron chi connectivity index (χ3n) is 4.88. The van der Waals surface area contributed by atoms with Crippen LogP contribution in [0.15, 0.2) is 47.4 Å². The summed E-state index contributed by atoms with van der Waals surface area (Å²) in [5.41, 5.74) is 3.55. The number of primary sulfonamides is 1. The first-order valence-electron chi connectivity index (χ1n) is 8.96. The van der Waals surface area contributed by atoms with Crippen molar-refractivity contribution >= 4 is 15.7 Å². The fourth-order valence-electron chi connectivity index (χ4n) is 3.44. The van der Waals surface area contributed by atoms with Gasteiger partial charge in [-0.25, -0.2) is 13.6 Å². The van der Waals surface area contributed by atoms with Gasteiger partial charge in [-0.15, -0.1) is 0 Å². The lowest BCUT2D eigenvalue weighted by atomic mass is 10.0. The first-order valence-corrected chi connectivity index (χ1v) is 10.5. The number of hydrogen-bond acceptors (Lipinski definition) is 5. The molecule has 7 heteroatoms. The van der Waals surface area contributed by atoms with Crippen LogP contribution in [0.1, 0.15) is 29.5 Å². The number of likely N-dealkylation sites (tertiary alicyclic amines) is 1. The molecule has 1 saturated heterocycles. The zero-order valence-electron chi connectivity index (χ0n) is 15.4. The quantitative estimate of drug-likeness (QED) is 0.825. The molecule has 1 heterocycles. The molecule has 2 aromatic rings. The van der Waals surface area contributed by atoms with Crippen LogP contribution >= 0.6 is 0 Å². The summed E-state index contributed by atoms with van der Waals surface area (Å²) in [6.07, 6.45) is 1.93. The van der Waals surface area contributed by atoms with E-state index < -0.39 is 10.0 Å². The first kappa shape index (κ1) is 19.4. The van der Waals surface area contributed by atoms with Crippen molar-refractivity contribution in [3.05, 3.63) is 59.2 Å². The van der Waals surface area contributed by atoms with Gasteiger partial charge in [-0.1, -0.05) is 29.8 Å². The molecule has 0 saturated carbocycles. The van der Waals surface area contributed by atoms with E-state index in [4.69, 9.17) is 5.14 Å². The minimum Gasteiger partial charge on any atom is -0.381 e. The Balaban J connectivity index is 1.60. The number of sulfonamides is 1. The highest BCUT2D eigenvalue weighted by atomic mass is 32.2. The summed E-state index contributed by atoms with van der Waals surface area (Å²) in [7, 11) is -3.81. The van der Waals surface area contributed by atoms with Crippen LogP contribution in [-0.2, 0) is 16.6 Å². The number of benzene rings is 2. The van der Waals surface area contributed by atoms with Crippen molar-refractivity contribution in [2.75, 3.05) is 18.4 Å². The maximum Gasteiger partial charge on any atom is 0.238 e. The van der Waals surface area contributed by atoms with E-state index in [1.165, 1.54) is 23.3 Å². The second-order valence-corrected chi connectivity index (χ2v) is 8.61. The van der Waals surface area contributed by atoms with Gasteiger partial charge in [0.25, 0.3) is 0 Å². The van der Waals surface area contributed by atoms with E-state index in [0.717, 1.165) is 32.5 Å². The van der Waals surface area contributed by atoms with E-state index in [0.29, 0.717) is 11.3 Å². The molecular weight excluding hydrogens is 360 g/mol. The molecule has 1 aliphatic rings. The monoisotopic (exact) mass is 384 g/mol. The number of anilines is 1. The Morgan fingerprint density at radius 1 is 1.22 bits per heavy atom. The Labute approximate surface area is 160 Å². The number of nitrogens with zero attached hydrogens (tertiary/aromatic N) is 2. The lowest BCUT2D eigenvalue weighted by Crippen LogP contribution is -2.38. The van der Waals surface area contributed by atoms with Gasteiger partial charge >= 0.3 is 0 Å². The minimum absolute atomic E-state index is 0.0439. The number of piperidine rings is 1. The Morgan fingerprint density at radius 2 is 1.96 bits per heavy atom. The fraction of sp³-hybridized carbons (Fsp3) is 0.350. The number of hydrogen-bond donors (Lipinski definition) is 2. The third kappa shape index (κ3) is 5.07. The van der Waals surface area contributed by atoms with Crippen LogP contribution in [0.2, 0.25) is 0 Å². The Bertz CT molecular complexity index is 958. The zero-order valence-corrected chi connectivity index (χ0v) is 16.2. The van der Waals surface area contributed by atoms with E-state index in [-0.39, 0.29) is 10.9 Å². The van der Waals surface area contributed by atoms with Crippen molar-refractivity contribution in [3.63, 3.8) is 0 Å². The van der Waals surface area contributed by atoms with Crippen LogP contribution < -0.4 is 10.5 Å². The molecule has 6 nitrogen and oxygen atoms in total. The van der Waals surface area contributed by atoms with Crippen LogP contribution in [0, 0.1) is 18.3 Å². The predicted octanol–water partition coefficient (Wildman–Crippen LogP) is 2.59. The lowest BCUT2D eigenvalue weighted by Gasteiger charge is -2.33. The number of nitrogens with two attached hydrogens (primary N) is 1. The summed E-state index contributed by atoms with van der Waals surface area (Å²) in [4.78, 5) is 2.39. The van der Waals surface area contributed by atoms with Gasteiger partial charge in [0.2, 0.25) is 10.0 Å². The molecule has 3 N–H and O–H groups in total. The summed E-state index contributed by atoms with van der Waals surface area (Å²) >= 11 is 0. The van der Waals surface area contributed by atoms with E-state index in [1.807, 2.05) is 0 Å². The summed E-state index contributed by atoms with van der Waals surface area (Å²) < 4.78 is 22.9. The molecule has 0 aliphatic carbocycles. The van der Waals surface area contributed by atoms with Crippen LogP contribution in [-0.4, -0.2) is 32.4 Å². The molecule has 27 heavy (non-hydrogen) atoms. The van der Waals surface area contributed by atoms with Gasteiger partial charge in [0.15, 0.2) is 0 Å².